The molecule has 0 fully saturated rings. The summed E-state index contributed by atoms with van der Waals surface area (Å²) in [4.78, 5) is 4.50. The predicted octanol–water partition coefficient (Wildman–Crippen LogP) is 2.44. The van der Waals surface area contributed by atoms with Gasteiger partial charge in [0.05, 0.1) is 4.90 Å². The van der Waals surface area contributed by atoms with Crippen LogP contribution in [0.2, 0.25) is 0 Å². The molecule has 0 radical (unpaired) electrons. The smallest absolute Gasteiger partial charge is 0.243 e. The van der Waals surface area contributed by atoms with Gasteiger partial charge in [0.1, 0.15) is 0 Å². The van der Waals surface area contributed by atoms with Crippen molar-refractivity contribution >= 4 is 16.0 Å². The van der Waals surface area contributed by atoms with Gasteiger partial charge in [-0.05, 0) is 43.9 Å². The molecule has 0 saturated heterocycles. The lowest BCUT2D eigenvalue weighted by Gasteiger charge is -2.21. The SMILES string of the molecule is CN=C(NCCCOCC(C)C)NCc1ccc(S(=O)(=O)N(C)C(C)C)cc1. The standard InChI is InChI=1S/C20H36N4O3S/c1-16(2)15-27-13-7-12-22-20(21-5)23-14-18-8-10-19(11-9-18)28(25,26)24(6)17(3)4/h8-11,16-17H,7,12-15H2,1-6H3,(H2,21,22,23). The van der Waals surface area contributed by atoms with Crippen LogP contribution < -0.4 is 10.6 Å². The van der Waals surface area contributed by atoms with Crippen LogP contribution in [0.1, 0.15) is 39.7 Å². The molecule has 0 aliphatic rings. The van der Waals surface area contributed by atoms with E-state index in [-0.39, 0.29) is 6.04 Å². The molecule has 0 atom stereocenters. The lowest BCUT2D eigenvalue weighted by molar-refractivity contribution is 0.108. The number of nitrogens with zero attached hydrogens (tertiary/aromatic N) is 2. The maximum absolute atomic E-state index is 12.5. The first-order valence-electron chi connectivity index (χ1n) is 9.77. The van der Waals surface area contributed by atoms with Crippen LogP contribution in [0, 0.1) is 5.92 Å². The number of benzene rings is 1. The Morgan fingerprint density at radius 2 is 1.79 bits per heavy atom. The highest BCUT2D eigenvalue weighted by atomic mass is 32.2. The number of guanidine groups is 1. The van der Waals surface area contributed by atoms with Gasteiger partial charge in [-0.2, -0.15) is 4.31 Å². The molecular formula is C20H36N4O3S. The molecule has 160 valence electrons. The topological polar surface area (TPSA) is 83.0 Å². The molecule has 28 heavy (non-hydrogen) atoms. The Labute approximate surface area is 170 Å². The zero-order valence-corrected chi connectivity index (χ0v) is 18.8. The minimum Gasteiger partial charge on any atom is -0.381 e. The number of nitrogens with one attached hydrogen (secondary N) is 2. The van der Waals surface area contributed by atoms with Crippen LogP contribution in [0.15, 0.2) is 34.2 Å². The second-order valence-electron chi connectivity index (χ2n) is 7.43. The molecule has 0 aliphatic heterocycles. The Kier molecular flexibility index (Phi) is 10.5. The lowest BCUT2D eigenvalue weighted by Crippen LogP contribution is -2.37. The van der Waals surface area contributed by atoms with Crippen LogP contribution in [-0.4, -0.2) is 58.6 Å². The van der Waals surface area contributed by atoms with Crippen LogP contribution in [0.4, 0.5) is 0 Å². The highest BCUT2D eigenvalue weighted by Crippen LogP contribution is 2.17. The summed E-state index contributed by atoms with van der Waals surface area (Å²) in [6.07, 6.45) is 0.906. The Balaban J connectivity index is 2.47. The summed E-state index contributed by atoms with van der Waals surface area (Å²) >= 11 is 0. The van der Waals surface area contributed by atoms with E-state index in [9.17, 15) is 8.42 Å². The molecule has 0 aliphatic carbocycles. The van der Waals surface area contributed by atoms with Crippen LogP contribution in [0.3, 0.4) is 0 Å². The van der Waals surface area contributed by atoms with Gasteiger partial charge in [0, 0.05) is 46.4 Å². The second kappa shape index (κ2) is 12.0. The Bertz CT molecular complexity index is 701. The van der Waals surface area contributed by atoms with Crippen LogP contribution in [0.5, 0.6) is 0 Å². The monoisotopic (exact) mass is 412 g/mol. The van der Waals surface area contributed by atoms with E-state index < -0.39 is 10.0 Å². The van der Waals surface area contributed by atoms with Crippen molar-refractivity contribution in [2.75, 3.05) is 33.9 Å². The largest absolute Gasteiger partial charge is 0.381 e. The van der Waals surface area contributed by atoms with E-state index >= 15 is 0 Å². The summed E-state index contributed by atoms with van der Waals surface area (Å²) in [6, 6.07) is 6.85. The highest BCUT2D eigenvalue weighted by Gasteiger charge is 2.22. The molecule has 0 unspecified atom stereocenters. The van der Waals surface area contributed by atoms with E-state index in [0.29, 0.717) is 23.3 Å². The quantitative estimate of drug-likeness (QED) is 0.331. The summed E-state index contributed by atoms with van der Waals surface area (Å²) in [7, 11) is -0.131. The maximum Gasteiger partial charge on any atom is 0.243 e. The molecule has 0 aromatic heterocycles. The first-order chi connectivity index (χ1) is 13.2. The molecular weight excluding hydrogens is 376 g/mol. The van der Waals surface area contributed by atoms with E-state index in [1.807, 2.05) is 26.0 Å². The fraction of sp³-hybridized carbons (Fsp3) is 0.650. The zero-order valence-electron chi connectivity index (χ0n) is 18.0. The van der Waals surface area contributed by atoms with E-state index in [1.54, 1.807) is 26.2 Å². The van der Waals surface area contributed by atoms with Gasteiger partial charge < -0.3 is 15.4 Å². The maximum atomic E-state index is 12.5. The summed E-state index contributed by atoms with van der Waals surface area (Å²) in [5.74, 6) is 1.26. The zero-order chi connectivity index (χ0) is 21.2. The minimum atomic E-state index is -3.45. The van der Waals surface area contributed by atoms with Gasteiger partial charge in [-0.1, -0.05) is 26.0 Å². The molecule has 7 nitrogen and oxygen atoms in total. The van der Waals surface area contributed by atoms with Crippen molar-refractivity contribution < 1.29 is 13.2 Å². The van der Waals surface area contributed by atoms with Gasteiger partial charge in [-0.15, -0.1) is 0 Å². The molecule has 1 aromatic carbocycles. The first-order valence-corrected chi connectivity index (χ1v) is 11.2. The third kappa shape index (κ3) is 8.16. The number of sulfonamides is 1. The van der Waals surface area contributed by atoms with E-state index in [1.165, 1.54) is 4.31 Å². The predicted molar refractivity (Wildman–Crippen MR) is 115 cm³/mol. The highest BCUT2D eigenvalue weighted by molar-refractivity contribution is 7.89. The van der Waals surface area contributed by atoms with Crippen molar-refractivity contribution in [3.8, 4) is 0 Å². The van der Waals surface area contributed by atoms with Crippen LogP contribution >= 0.6 is 0 Å². The Morgan fingerprint density at radius 3 is 2.32 bits per heavy atom. The van der Waals surface area contributed by atoms with Crippen LogP contribution in [0.25, 0.3) is 0 Å². The normalized spacial score (nSPS) is 12.8. The fourth-order valence-electron chi connectivity index (χ4n) is 2.33. The molecule has 2 N–H and O–H groups in total. The molecule has 0 saturated carbocycles. The van der Waals surface area contributed by atoms with Crippen molar-refractivity contribution in [3.63, 3.8) is 0 Å². The second-order valence-corrected chi connectivity index (χ2v) is 9.43. The minimum absolute atomic E-state index is 0.0866. The van der Waals surface area contributed by atoms with Crippen molar-refractivity contribution in [1.82, 2.24) is 14.9 Å². The average molecular weight is 413 g/mol. The summed E-state index contributed by atoms with van der Waals surface area (Å²) < 4.78 is 31.9. The van der Waals surface area contributed by atoms with E-state index in [4.69, 9.17) is 4.74 Å². The van der Waals surface area contributed by atoms with Gasteiger partial charge in [-0.25, -0.2) is 8.42 Å². The molecule has 8 heteroatoms. The van der Waals surface area contributed by atoms with Gasteiger partial charge in [0.25, 0.3) is 0 Å². The number of hydrogen-bond acceptors (Lipinski definition) is 4. The summed E-state index contributed by atoms with van der Waals surface area (Å²) in [5, 5.41) is 6.48. The average Bonchev–Trinajstić information content (AvgIpc) is 2.66. The van der Waals surface area contributed by atoms with Gasteiger partial charge >= 0.3 is 0 Å². The third-order valence-corrected chi connectivity index (χ3v) is 6.27. The van der Waals surface area contributed by atoms with Gasteiger partial charge in [0.15, 0.2) is 5.96 Å². The fourth-order valence-corrected chi connectivity index (χ4v) is 3.70. The summed E-state index contributed by atoms with van der Waals surface area (Å²) in [5.41, 5.74) is 0.981. The lowest BCUT2D eigenvalue weighted by atomic mass is 10.2. The van der Waals surface area contributed by atoms with Gasteiger partial charge in [-0.3, -0.25) is 4.99 Å². The van der Waals surface area contributed by atoms with E-state index in [0.717, 1.165) is 31.7 Å². The molecule has 0 amide bonds. The van der Waals surface area contributed by atoms with Crippen molar-refractivity contribution in [2.45, 2.75) is 51.6 Å². The molecule has 1 aromatic rings. The van der Waals surface area contributed by atoms with E-state index in [2.05, 4.69) is 29.5 Å². The Morgan fingerprint density at radius 1 is 1.14 bits per heavy atom. The number of aliphatic imine (C=N–C) groups is 1. The number of ether oxygens (including phenoxy) is 1. The Hall–Kier alpha value is -1.64. The van der Waals surface area contributed by atoms with Crippen molar-refractivity contribution in [3.05, 3.63) is 29.8 Å². The molecule has 0 bridgehead atoms. The number of hydrogen-bond donors (Lipinski definition) is 2. The third-order valence-electron chi connectivity index (χ3n) is 4.22. The van der Waals surface area contributed by atoms with Crippen LogP contribution in [-0.2, 0) is 21.3 Å². The number of rotatable bonds is 11. The molecule has 0 heterocycles. The molecule has 0 spiro atoms. The molecule has 1 rings (SSSR count). The van der Waals surface area contributed by atoms with Gasteiger partial charge in [0.2, 0.25) is 10.0 Å². The van der Waals surface area contributed by atoms with Crippen molar-refractivity contribution in [2.24, 2.45) is 10.9 Å². The summed E-state index contributed by atoms with van der Waals surface area (Å²) in [6.45, 7) is 10.8. The van der Waals surface area contributed by atoms with Crippen molar-refractivity contribution in [1.29, 1.82) is 0 Å². The first kappa shape index (κ1) is 24.4.